The monoisotopic (exact) mass is 294 g/mol. The highest BCUT2D eigenvalue weighted by Crippen LogP contribution is 2.46. The third kappa shape index (κ3) is 3.16. The first-order valence-corrected chi connectivity index (χ1v) is 9.29. The summed E-state index contributed by atoms with van der Waals surface area (Å²) in [7, 11) is 0. The molecule has 2 unspecified atom stereocenters. The summed E-state index contributed by atoms with van der Waals surface area (Å²) in [5.74, 6) is 0. The van der Waals surface area contributed by atoms with Crippen LogP contribution in [0.3, 0.4) is 0 Å². The van der Waals surface area contributed by atoms with E-state index in [2.05, 4.69) is 11.8 Å². The third-order valence-corrected chi connectivity index (χ3v) is 6.77. The molecule has 3 aliphatic rings. The van der Waals surface area contributed by atoms with Crippen LogP contribution >= 0.6 is 0 Å². The van der Waals surface area contributed by atoms with Gasteiger partial charge in [0.15, 0.2) is 0 Å². The van der Waals surface area contributed by atoms with Crippen molar-refractivity contribution >= 4 is 0 Å². The molecule has 3 rings (SSSR count). The fourth-order valence-corrected chi connectivity index (χ4v) is 5.12. The SMILES string of the molecule is CCC1CC(CN)(N2CCC3(CCCCC3)CC2)CCO1. The number of piperidine rings is 1. The molecule has 0 aromatic heterocycles. The van der Waals surface area contributed by atoms with Crippen molar-refractivity contribution in [2.24, 2.45) is 11.1 Å². The summed E-state index contributed by atoms with van der Waals surface area (Å²) in [5.41, 5.74) is 7.18. The number of rotatable bonds is 3. The quantitative estimate of drug-likeness (QED) is 0.868. The van der Waals surface area contributed by atoms with Gasteiger partial charge in [-0.15, -0.1) is 0 Å². The Bertz CT molecular complexity index is 330. The minimum absolute atomic E-state index is 0.231. The van der Waals surface area contributed by atoms with Gasteiger partial charge < -0.3 is 10.5 Å². The average molecular weight is 294 g/mol. The van der Waals surface area contributed by atoms with Crippen LogP contribution in [0, 0.1) is 5.41 Å². The molecule has 2 aliphatic heterocycles. The van der Waals surface area contributed by atoms with Gasteiger partial charge in [0.2, 0.25) is 0 Å². The first-order chi connectivity index (χ1) is 10.2. The maximum atomic E-state index is 6.26. The van der Waals surface area contributed by atoms with Crippen molar-refractivity contribution in [2.45, 2.75) is 82.8 Å². The molecule has 2 saturated heterocycles. The van der Waals surface area contributed by atoms with Crippen molar-refractivity contribution in [2.75, 3.05) is 26.2 Å². The zero-order valence-corrected chi connectivity index (χ0v) is 13.9. The van der Waals surface area contributed by atoms with Gasteiger partial charge in [-0.1, -0.05) is 26.2 Å². The van der Waals surface area contributed by atoms with E-state index in [0.717, 1.165) is 32.4 Å². The lowest BCUT2D eigenvalue weighted by atomic mass is 9.67. The molecule has 1 saturated carbocycles. The van der Waals surface area contributed by atoms with Gasteiger partial charge in [0, 0.05) is 18.7 Å². The molecule has 0 aromatic rings. The van der Waals surface area contributed by atoms with Gasteiger partial charge in [-0.2, -0.15) is 0 Å². The van der Waals surface area contributed by atoms with Crippen LogP contribution in [0.2, 0.25) is 0 Å². The normalized spacial score (nSPS) is 37.7. The fourth-order valence-electron chi connectivity index (χ4n) is 5.12. The third-order valence-electron chi connectivity index (χ3n) is 6.77. The molecule has 3 fully saturated rings. The second kappa shape index (κ2) is 6.55. The lowest BCUT2D eigenvalue weighted by molar-refractivity contribution is -0.0892. The zero-order chi connectivity index (χ0) is 14.8. The van der Waals surface area contributed by atoms with Crippen LogP contribution in [0.4, 0.5) is 0 Å². The average Bonchev–Trinajstić information content (AvgIpc) is 2.56. The van der Waals surface area contributed by atoms with E-state index in [0.29, 0.717) is 11.5 Å². The predicted octanol–water partition coefficient (Wildman–Crippen LogP) is 3.32. The largest absolute Gasteiger partial charge is 0.378 e. The maximum Gasteiger partial charge on any atom is 0.0590 e. The predicted molar refractivity (Wildman–Crippen MR) is 87.4 cm³/mol. The molecule has 2 N–H and O–H groups in total. The van der Waals surface area contributed by atoms with E-state index in [1.165, 1.54) is 58.0 Å². The number of hydrogen-bond donors (Lipinski definition) is 1. The molecule has 0 bridgehead atoms. The van der Waals surface area contributed by atoms with Gasteiger partial charge in [-0.05, 0) is 63.5 Å². The van der Waals surface area contributed by atoms with Crippen molar-refractivity contribution in [1.82, 2.24) is 4.90 Å². The number of likely N-dealkylation sites (tertiary alicyclic amines) is 1. The minimum Gasteiger partial charge on any atom is -0.378 e. The first-order valence-electron chi connectivity index (χ1n) is 9.29. The zero-order valence-electron chi connectivity index (χ0n) is 13.9. The highest BCUT2D eigenvalue weighted by Gasteiger charge is 2.44. The Morgan fingerprint density at radius 2 is 1.76 bits per heavy atom. The molecule has 0 aromatic carbocycles. The lowest BCUT2D eigenvalue weighted by Gasteiger charge is -2.53. The smallest absolute Gasteiger partial charge is 0.0590 e. The molecule has 0 radical (unpaired) electrons. The van der Waals surface area contributed by atoms with Crippen molar-refractivity contribution < 1.29 is 4.74 Å². The van der Waals surface area contributed by atoms with Crippen molar-refractivity contribution in [3.8, 4) is 0 Å². The summed E-state index contributed by atoms with van der Waals surface area (Å²) in [5, 5.41) is 0. The fraction of sp³-hybridized carbons (Fsp3) is 1.00. The second-order valence-electron chi connectivity index (χ2n) is 7.83. The van der Waals surface area contributed by atoms with Crippen LogP contribution in [-0.2, 0) is 4.74 Å². The topological polar surface area (TPSA) is 38.5 Å². The van der Waals surface area contributed by atoms with Crippen LogP contribution in [0.1, 0.15) is 71.1 Å². The number of nitrogens with zero attached hydrogens (tertiary/aromatic N) is 1. The summed E-state index contributed by atoms with van der Waals surface area (Å²) in [6, 6.07) is 0. The molecule has 3 heteroatoms. The van der Waals surface area contributed by atoms with Gasteiger partial charge >= 0.3 is 0 Å². The molecule has 3 nitrogen and oxygen atoms in total. The van der Waals surface area contributed by atoms with Crippen LogP contribution in [-0.4, -0.2) is 42.8 Å². The molecule has 21 heavy (non-hydrogen) atoms. The Hall–Kier alpha value is -0.120. The minimum atomic E-state index is 0.231. The number of hydrogen-bond acceptors (Lipinski definition) is 3. The van der Waals surface area contributed by atoms with Crippen LogP contribution in [0.25, 0.3) is 0 Å². The summed E-state index contributed by atoms with van der Waals surface area (Å²) < 4.78 is 5.90. The molecular formula is C18H34N2O. The van der Waals surface area contributed by atoms with E-state index in [9.17, 15) is 0 Å². The van der Waals surface area contributed by atoms with Gasteiger partial charge in [-0.25, -0.2) is 0 Å². The van der Waals surface area contributed by atoms with Crippen LogP contribution in [0.15, 0.2) is 0 Å². The Morgan fingerprint density at radius 1 is 1.05 bits per heavy atom. The number of nitrogens with two attached hydrogens (primary N) is 1. The second-order valence-corrected chi connectivity index (χ2v) is 7.83. The summed E-state index contributed by atoms with van der Waals surface area (Å²) in [4.78, 5) is 2.75. The van der Waals surface area contributed by atoms with E-state index >= 15 is 0 Å². The first kappa shape index (κ1) is 15.8. The maximum absolute atomic E-state index is 6.26. The molecule has 122 valence electrons. The molecular weight excluding hydrogens is 260 g/mol. The van der Waals surface area contributed by atoms with E-state index in [1.807, 2.05) is 0 Å². The Labute approximate surface area is 130 Å². The van der Waals surface area contributed by atoms with E-state index in [4.69, 9.17) is 10.5 Å². The highest BCUT2D eigenvalue weighted by molar-refractivity contribution is 5.00. The van der Waals surface area contributed by atoms with E-state index in [-0.39, 0.29) is 5.54 Å². The lowest BCUT2D eigenvalue weighted by Crippen LogP contribution is -2.61. The Balaban J connectivity index is 1.63. The standard InChI is InChI=1S/C18H34N2O/c1-2-16-14-18(15-19,10-13-21-16)20-11-8-17(9-12-20)6-4-3-5-7-17/h16H,2-15,19H2,1H3. The molecule has 1 aliphatic carbocycles. The van der Waals surface area contributed by atoms with Crippen LogP contribution < -0.4 is 5.73 Å². The molecule has 1 spiro atoms. The van der Waals surface area contributed by atoms with Crippen molar-refractivity contribution in [3.63, 3.8) is 0 Å². The Morgan fingerprint density at radius 3 is 2.38 bits per heavy atom. The molecule has 0 amide bonds. The van der Waals surface area contributed by atoms with E-state index in [1.54, 1.807) is 0 Å². The van der Waals surface area contributed by atoms with Gasteiger partial charge in [0.25, 0.3) is 0 Å². The number of ether oxygens (including phenoxy) is 1. The summed E-state index contributed by atoms with van der Waals surface area (Å²) in [6.45, 7) is 6.49. The van der Waals surface area contributed by atoms with Crippen molar-refractivity contribution in [1.29, 1.82) is 0 Å². The Kier molecular flexibility index (Phi) is 4.92. The van der Waals surface area contributed by atoms with E-state index < -0.39 is 0 Å². The molecule has 2 atom stereocenters. The summed E-state index contributed by atoms with van der Waals surface area (Å²) in [6.07, 6.45) is 14.0. The molecule has 2 heterocycles. The van der Waals surface area contributed by atoms with Crippen molar-refractivity contribution in [3.05, 3.63) is 0 Å². The van der Waals surface area contributed by atoms with Gasteiger partial charge in [-0.3, -0.25) is 4.90 Å². The summed E-state index contributed by atoms with van der Waals surface area (Å²) >= 11 is 0. The van der Waals surface area contributed by atoms with Gasteiger partial charge in [0.05, 0.1) is 6.10 Å². The highest BCUT2D eigenvalue weighted by atomic mass is 16.5. The van der Waals surface area contributed by atoms with Crippen LogP contribution in [0.5, 0.6) is 0 Å². The van der Waals surface area contributed by atoms with Gasteiger partial charge in [0.1, 0.15) is 0 Å².